The molecule has 1 saturated heterocycles. The second kappa shape index (κ2) is 7.06. The fraction of sp³-hybridized carbons (Fsp3) is 0.500. The van der Waals surface area contributed by atoms with Crippen LogP contribution in [0.1, 0.15) is 18.4 Å². The van der Waals surface area contributed by atoms with Crippen molar-refractivity contribution < 1.29 is 27.2 Å². The second-order valence-electron chi connectivity index (χ2n) is 5.06. The topological polar surface area (TPSA) is 41.6 Å². The number of nitrogens with zero attached hydrogens (tertiary/aromatic N) is 1. The molecule has 8 heteroatoms. The largest absolute Gasteiger partial charge is 0.492 e. The maximum absolute atomic E-state index is 13.2. The van der Waals surface area contributed by atoms with Gasteiger partial charge in [-0.15, -0.1) is 5.06 Å². The highest BCUT2D eigenvalue weighted by Crippen LogP contribution is 2.22. The van der Waals surface area contributed by atoms with E-state index in [0.29, 0.717) is 31.5 Å². The first-order valence-corrected chi connectivity index (χ1v) is 6.87. The Balaban J connectivity index is 2.11. The average molecular weight is 320 g/mol. The molecule has 1 N–H and O–H groups in total. The first kappa shape index (κ1) is 16.7. The molecule has 1 aromatic carbocycles. The van der Waals surface area contributed by atoms with Gasteiger partial charge >= 0.3 is 12.1 Å². The van der Waals surface area contributed by atoms with E-state index in [4.69, 9.17) is 0 Å². The molecule has 22 heavy (non-hydrogen) atoms. The van der Waals surface area contributed by atoms with Gasteiger partial charge in [0.2, 0.25) is 0 Å². The summed E-state index contributed by atoms with van der Waals surface area (Å²) in [5.74, 6) is -2.76. The molecule has 0 spiro atoms. The monoisotopic (exact) mass is 320 g/mol. The van der Waals surface area contributed by atoms with Crippen LogP contribution in [0.2, 0.25) is 0 Å². The zero-order chi connectivity index (χ0) is 16.2. The summed E-state index contributed by atoms with van der Waals surface area (Å²) >= 11 is 0. The fourth-order valence-corrected chi connectivity index (χ4v) is 2.30. The predicted molar refractivity (Wildman–Crippen MR) is 70.0 cm³/mol. The summed E-state index contributed by atoms with van der Waals surface area (Å²) in [6.07, 6.45) is -3.98. The third kappa shape index (κ3) is 4.67. The van der Waals surface area contributed by atoms with Gasteiger partial charge in [0.15, 0.2) is 0 Å². The standard InChI is InChI=1S/C14H16F4N2O2/c15-11-3-1-2-10(8-11)9-20(12-4-6-19-7-5-12)22-13(21)14(16,17)18/h1-3,8,12,19H,4-7,9H2. The molecule has 1 aliphatic rings. The van der Waals surface area contributed by atoms with Crippen molar-refractivity contribution in [2.45, 2.75) is 31.6 Å². The van der Waals surface area contributed by atoms with Crippen LogP contribution in [0.4, 0.5) is 17.6 Å². The Morgan fingerprint density at radius 3 is 2.59 bits per heavy atom. The van der Waals surface area contributed by atoms with Crippen molar-refractivity contribution in [3.05, 3.63) is 35.6 Å². The third-order valence-electron chi connectivity index (χ3n) is 3.38. The maximum atomic E-state index is 13.2. The lowest BCUT2D eigenvalue weighted by Gasteiger charge is -2.33. The van der Waals surface area contributed by atoms with Gasteiger partial charge in [-0.25, -0.2) is 9.18 Å². The lowest BCUT2D eigenvalue weighted by Crippen LogP contribution is -2.45. The van der Waals surface area contributed by atoms with Crippen LogP contribution >= 0.6 is 0 Å². The van der Waals surface area contributed by atoms with Gasteiger partial charge in [-0.3, -0.25) is 0 Å². The number of carbonyl (C=O) groups is 1. The van der Waals surface area contributed by atoms with Crippen molar-refractivity contribution in [1.29, 1.82) is 0 Å². The molecule has 0 saturated carbocycles. The van der Waals surface area contributed by atoms with E-state index in [1.807, 2.05) is 0 Å². The molecule has 0 unspecified atom stereocenters. The molecule has 2 rings (SSSR count). The van der Waals surface area contributed by atoms with E-state index in [9.17, 15) is 22.4 Å². The Kier molecular flexibility index (Phi) is 5.36. The Morgan fingerprint density at radius 1 is 1.32 bits per heavy atom. The number of hydrogen-bond donors (Lipinski definition) is 1. The molecular formula is C14H16F4N2O2. The summed E-state index contributed by atoms with van der Waals surface area (Å²) in [6, 6.07) is 5.13. The minimum atomic E-state index is -5.06. The highest BCUT2D eigenvalue weighted by molar-refractivity contribution is 5.75. The van der Waals surface area contributed by atoms with E-state index < -0.39 is 18.0 Å². The van der Waals surface area contributed by atoms with E-state index in [2.05, 4.69) is 10.2 Å². The van der Waals surface area contributed by atoms with Gasteiger partial charge in [0, 0.05) is 6.04 Å². The summed E-state index contributed by atoms with van der Waals surface area (Å²) in [7, 11) is 0. The number of alkyl halides is 3. The lowest BCUT2D eigenvalue weighted by atomic mass is 10.1. The first-order valence-electron chi connectivity index (χ1n) is 6.87. The molecule has 0 atom stereocenters. The molecule has 1 heterocycles. The molecule has 4 nitrogen and oxygen atoms in total. The molecule has 0 aliphatic carbocycles. The molecular weight excluding hydrogens is 304 g/mol. The van der Waals surface area contributed by atoms with Crippen LogP contribution in [-0.2, 0) is 16.2 Å². The van der Waals surface area contributed by atoms with Gasteiger partial charge in [-0.1, -0.05) is 12.1 Å². The first-order chi connectivity index (χ1) is 10.4. The average Bonchev–Trinajstić information content (AvgIpc) is 2.46. The fourth-order valence-electron chi connectivity index (χ4n) is 2.30. The number of carbonyl (C=O) groups excluding carboxylic acids is 1. The molecule has 0 radical (unpaired) electrons. The van der Waals surface area contributed by atoms with Gasteiger partial charge in [0.25, 0.3) is 0 Å². The molecule has 0 amide bonds. The molecule has 1 aliphatic heterocycles. The molecule has 1 aromatic rings. The normalized spacial score (nSPS) is 16.8. The van der Waals surface area contributed by atoms with Crippen LogP contribution in [-0.4, -0.2) is 36.3 Å². The maximum Gasteiger partial charge on any atom is 0.492 e. The highest BCUT2D eigenvalue weighted by Gasteiger charge is 2.43. The molecule has 1 fully saturated rings. The number of rotatable bonds is 4. The SMILES string of the molecule is O=C(ON(Cc1cccc(F)c1)C1CCNCC1)C(F)(F)F. The van der Waals surface area contributed by atoms with Gasteiger partial charge in [0.1, 0.15) is 5.82 Å². The van der Waals surface area contributed by atoms with Crippen LogP contribution in [0.15, 0.2) is 24.3 Å². The summed E-state index contributed by atoms with van der Waals surface area (Å²) in [5.41, 5.74) is 0.438. The number of hydrogen-bond acceptors (Lipinski definition) is 4. The van der Waals surface area contributed by atoms with Crippen molar-refractivity contribution in [3.8, 4) is 0 Å². The van der Waals surface area contributed by atoms with Gasteiger partial charge in [0.05, 0.1) is 6.54 Å². The smallest absolute Gasteiger partial charge is 0.360 e. The van der Waals surface area contributed by atoms with Gasteiger partial charge in [-0.05, 0) is 43.6 Å². The van der Waals surface area contributed by atoms with E-state index in [1.165, 1.54) is 18.2 Å². The Hall–Kier alpha value is -1.67. The van der Waals surface area contributed by atoms with Crippen molar-refractivity contribution in [1.82, 2.24) is 10.4 Å². The van der Waals surface area contributed by atoms with Crippen molar-refractivity contribution in [2.24, 2.45) is 0 Å². The summed E-state index contributed by atoms with van der Waals surface area (Å²) in [6.45, 7) is 1.14. The molecule has 0 bridgehead atoms. The molecule has 122 valence electrons. The van der Waals surface area contributed by atoms with Crippen LogP contribution in [0.25, 0.3) is 0 Å². The minimum absolute atomic E-state index is 0.0930. The Labute approximate surface area is 125 Å². The van der Waals surface area contributed by atoms with E-state index in [0.717, 1.165) is 5.06 Å². The van der Waals surface area contributed by atoms with Crippen LogP contribution in [0.5, 0.6) is 0 Å². The number of piperidine rings is 1. The quantitative estimate of drug-likeness (QED) is 0.683. The van der Waals surface area contributed by atoms with Crippen molar-refractivity contribution in [3.63, 3.8) is 0 Å². The van der Waals surface area contributed by atoms with Gasteiger partial charge < -0.3 is 10.2 Å². The zero-order valence-corrected chi connectivity index (χ0v) is 11.7. The lowest BCUT2D eigenvalue weighted by molar-refractivity contribution is -0.250. The molecule has 0 aromatic heterocycles. The second-order valence-corrected chi connectivity index (χ2v) is 5.06. The number of halogens is 4. The van der Waals surface area contributed by atoms with E-state index >= 15 is 0 Å². The minimum Gasteiger partial charge on any atom is -0.360 e. The number of benzene rings is 1. The van der Waals surface area contributed by atoms with E-state index in [1.54, 1.807) is 6.07 Å². The Bertz CT molecular complexity index is 516. The highest BCUT2D eigenvalue weighted by atomic mass is 19.4. The van der Waals surface area contributed by atoms with Crippen molar-refractivity contribution >= 4 is 5.97 Å². The summed E-state index contributed by atoms with van der Waals surface area (Å²) in [4.78, 5) is 15.6. The third-order valence-corrected chi connectivity index (χ3v) is 3.38. The van der Waals surface area contributed by atoms with Crippen LogP contribution < -0.4 is 5.32 Å². The number of hydroxylamine groups is 2. The Morgan fingerprint density at radius 2 is 2.00 bits per heavy atom. The summed E-state index contributed by atoms with van der Waals surface area (Å²) in [5, 5.41) is 4.08. The summed E-state index contributed by atoms with van der Waals surface area (Å²) < 4.78 is 50.4. The number of nitrogens with one attached hydrogen (secondary N) is 1. The predicted octanol–water partition coefficient (Wildman–Crippen LogP) is 2.40. The van der Waals surface area contributed by atoms with Crippen LogP contribution in [0, 0.1) is 5.82 Å². The van der Waals surface area contributed by atoms with Crippen molar-refractivity contribution in [2.75, 3.05) is 13.1 Å². The van der Waals surface area contributed by atoms with Gasteiger partial charge in [-0.2, -0.15) is 13.2 Å². The zero-order valence-electron chi connectivity index (χ0n) is 11.7. The van der Waals surface area contributed by atoms with E-state index in [-0.39, 0.29) is 12.6 Å². The van der Waals surface area contributed by atoms with Crippen LogP contribution in [0.3, 0.4) is 0 Å².